The van der Waals surface area contributed by atoms with Crippen LogP contribution in [-0.2, 0) is 10.2 Å². The van der Waals surface area contributed by atoms with Crippen molar-refractivity contribution >= 4 is 23.2 Å². The van der Waals surface area contributed by atoms with E-state index >= 15 is 0 Å². The first-order valence-corrected chi connectivity index (χ1v) is 11.8. The van der Waals surface area contributed by atoms with E-state index in [-0.39, 0.29) is 11.3 Å². The molecule has 0 radical (unpaired) electrons. The molecule has 1 unspecified atom stereocenters. The molecule has 1 atom stereocenters. The Balaban J connectivity index is 1.32. The molecule has 5 rings (SSSR count). The van der Waals surface area contributed by atoms with Crippen LogP contribution in [0.4, 0.5) is 0 Å². The van der Waals surface area contributed by atoms with Crippen molar-refractivity contribution in [3.8, 4) is 0 Å². The summed E-state index contributed by atoms with van der Waals surface area (Å²) in [6.07, 6.45) is 5.96. The first kappa shape index (κ1) is 18.9. The molecule has 2 aromatic rings. The Kier molecular flexibility index (Phi) is 4.94. The molecular formula is C24H28N2O2S. The van der Waals surface area contributed by atoms with Crippen LogP contribution in [0.15, 0.2) is 41.1 Å². The highest BCUT2D eigenvalue weighted by Crippen LogP contribution is 2.52. The van der Waals surface area contributed by atoms with Gasteiger partial charge in [0.1, 0.15) is 0 Å². The van der Waals surface area contributed by atoms with Gasteiger partial charge >= 0.3 is 0 Å². The van der Waals surface area contributed by atoms with E-state index in [0.29, 0.717) is 18.2 Å². The summed E-state index contributed by atoms with van der Waals surface area (Å²) < 4.78 is 0. The summed E-state index contributed by atoms with van der Waals surface area (Å²) in [6, 6.07) is 10.7. The number of carbonyl (C=O) groups is 2. The summed E-state index contributed by atoms with van der Waals surface area (Å²) in [7, 11) is 0. The third kappa shape index (κ3) is 3.39. The highest BCUT2D eigenvalue weighted by atomic mass is 32.1. The van der Waals surface area contributed by atoms with E-state index in [1.165, 1.54) is 11.1 Å². The minimum atomic E-state index is 0.123. The van der Waals surface area contributed by atoms with Crippen molar-refractivity contribution in [2.45, 2.75) is 49.9 Å². The summed E-state index contributed by atoms with van der Waals surface area (Å²) in [5, 5.41) is 3.91. The normalized spacial score (nSPS) is 22.8. The number of fused-ring (bicyclic) bond motifs is 2. The van der Waals surface area contributed by atoms with Crippen LogP contribution in [0.2, 0.25) is 0 Å². The van der Waals surface area contributed by atoms with Gasteiger partial charge in [0.15, 0.2) is 0 Å². The number of piperidine rings is 1. The Labute approximate surface area is 176 Å². The first-order valence-electron chi connectivity index (χ1n) is 10.8. The number of nitrogens with zero attached hydrogens (tertiary/aromatic N) is 2. The molecule has 4 nitrogen and oxygen atoms in total. The monoisotopic (exact) mass is 408 g/mol. The fourth-order valence-electron chi connectivity index (χ4n) is 5.70. The average Bonchev–Trinajstić information content (AvgIpc) is 3.51. The van der Waals surface area contributed by atoms with Gasteiger partial charge in [-0.05, 0) is 66.0 Å². The molecule has 0 N–H and O–H groups in total. The van der Waals surface area contributed by atoms with E-state index in [0.717, 1.165) is 63.8 Å². The molecule has 3 heterocycles. The molecule has 3 aliphatic rings. The lowest BCUT2D eigenvalue weighted by Gasteiger charge is -2.40. The summed E-state index contributed by atoms with van der Waals surface area (Å²) in [4.78, 5) is 29.6. The second-order valence-electron chi connectivity index (χ2n) is 8.86. The Hall–Kier alpha value is -2.14. The van der Waals surface area contributed by atoms with E-state index < -0.39 is 0 Å². The molecule has 29 heavy (non-hydrogen) atoms. The molecule has 1 aliphatic carbocycles. The van der Waals surface area contributed by atoms with E-state index in [1.54, 1.807) is 11.3 Å². The van der Waals surface area contributed by atoms with Gasteiger partial charge in [0.25, 0.3) is 5.91 Å². The predicted molar refractivity (Wildman–Crippen MR) is 115 cm³/mol. The fraction of sp³-hybridized carbons (Fsp3) is 0.500. The molecule has 0 bridgehead atoms. The van der Waals surface area contributed by atoms with Crippen molar-refractivity contribution < 1.29 is 9.59 Å². The van der Waals surface area contributed by atoms with Gasteiger partial charge in [-0.15, -0.1) is 0 Å². The fourth-order valence-corrected chi connectivity index (χ4v) is 6.33. The Bertz CT molecular complexity index is 893. The molecular weight excluding hydrogens is 380 g/mol. The third-order valence-electron chi connectivity index (χ3n) is 7.26. The predicted octanol–water partition coefficient (Wildman–Crippen LogP) is 4.42. The van der Waals surface area contributed by atoms with E-state index in [9.17, 15) is 9.59 Å². The van der Waals surface area contributed by atoms with Crippen LogP contribution in [0.3, 0.4) is 0 Å². The second-order valence-corrected chi connectivity index (χ2v) is 9.64. The average molecular weight is 409 g/mol. The van der Waals surface area contributed by atoms with Crippen LogP contribution in [0.5, 0.6) is 0 Å². The number of likely N-dealkylation sites (tertiary alicyclic amines) is 2. The number of carbonyl (C=O) groups excluding carboxylic acids is 2. The summed E-state index contributed by atoms with van der Waals surface area (Å²) in [5.74, 6) is 0.802. The molecule has 5 heteroatoms. The van der Waals surface area contributed by atoms with Crippen LogP contribution < -0.4 is 0 Å². The Morgan fingerprint density at radius 2 is 1.76 bits per heavy atom. The van der Waals surface area contributed by atoms with Crippen LogP contribution in [0, 0.1) is 0 Å². The SMILES string of the molecule is O=C(CC1CC2(CCN(C(=O)c3ccsc3)CC2)c2ccccc21)N1CCCC1. The smallest absolute Gasteiger partial charge is 0.254 e. The van der Waals surface area contributed by atoms with Gasteiger partial charge in [0.2, 0.25) is 5.91 Å². The van der Waals surface area contributed by atoms with Crippen LogP contribution in [0.1, 0.15) is 65.9 Å². The summed E-state index contributed by atoms with van der Waals surface area (Å²) in [5.41, 5.74) is 3.74. The minimum Gasteiger partial charge on any atom is -0.343 e. The molecule has 2 saturated heterocycles. The molecule has 152 valence electrons. The highest BCUT2D eigenvalue weighted by molar-refractivity contribution is 7.08. The molecule has 1 spiro atoms. The molecule has 2 amide bonds. The minimum absolute atomic E-state index is 0.123. The Morgan fingerprint density at radius 3 is 2.48 bits per heavy atom. The standard InChI is InChI=1S/C24H28N2O2S/c27-22(25-10-3-4-11-25)15-19-16-24(21-6-2-1-5-20(19)21)8-12-26(13-9-24)23(28)18-7-14-29-17-18/h1-2,5-7,14,17,19H,3-4,8-13,15-16H2. The molecule has 2 fully saturated rings. The maximum atomic E-state index is 12.8. The van der Waals surface area contributed by atoms with Crippen molar-refractivity contribution in [2.75, 3.05) is 26.2 Å². The van der Waals surface area contributed by atoms with E-state index in [1.807, 2.05) is 21.7 Å². The van der Waals surface area contributed by atoms with Gasteiger partial charge in [0, 0.05) is 38.0 Å². The van der Waals surface area contributed by atoms with Gasteiger partial charge in [-0.3, -0.25) is 9.59 Å². The molecule has 0 saturated carbocycles. The van der Waals surface area contributed by atoms with Crippen LogP contribution in [0.25, 0.3) is 0 Å². The van der Waals surface area contributed by atoms with Crippen molar-refractivity contribution in [3.63, 3.8) is 0 Å². The van der Waals surface area contributed by atoms with Gasteiger partial charge in [-0.1, -0.05) is 24.3 Å². The number of rotatable bonds is 3. The second kappa shape index (κ2) is 7.60. The van der Waals surface area contributed by atoms with E-state index in [2.05, 4.69) is 29.2 Å². The zero-order valence-electron chi connectivity index (χ0n) is 16.8. The van der Waals surface area contributed by atoms with Gasteiger partial charge in [-0.25, -0.2) is 0 Å². The number of hydrogen-bond acceptors (Lipinski definition) is 3. The Morgan fingerprint density at radius 1 is 1.00 bits per heavy atom. The zero-order valence-corrected chi connectivity index (χ0v) is 17.6. The van der Waals surface area contributed by atoms with Crippen molar-refractivity contribution in [3.05, 3.63) is 57.8 Å². The van der Waals surface area contributed by atoms with Crippen molar-refractivity contribution in [1.29, 1.82) is 0 Å². The molecule has 1 aromatic heterocycles. The van der Waals surface area contributed by atoms with Crippen LogP contribution >= 0.6 is 11.3 Å². The number of amides is 2. The zero-order chi connectivity index (χ0) is 19.8. The number of hydrogen-bond donors (Lipinski definition) is 0. The van der Waals surface area contributed by atoms with Gasteiger partial charge in [-0.2, -0.15) is 11.3 Å². The van der Waals surface area contributed by atoms with E-state index in [4.69, 9.17) is 0 Å². The first-order chi connectivity index (χ1) is 14.2. The van der Waals surface area contributed by atoms with Gasteiger partial charge in [0.05, 0.1) is 5.56 Å². The quantitative estimate of drug-likeness (QED) is 0.754. The number of thiophene rings is 1. The van der Waals surface area contributed by atoms with Gasteiger partial charge < -0.3 is 9.80 Å². The number of benzene rings is 1. The highest BCUT2D eigenvalue weighted by Gasteiger charge is 2.46. The third-order valence-corrected chi connectivity index (χ3v) is 7.95. The molecule has 1 aromatic carbocycles. The lowest BCUT2D eigenvalue weighted by atomic mass is 9.73. The topological polar surface area (TPSA) is 40.6 Å². The lowest BCUT2D eigenvalue weighted by molar-refractivity contribution is -0.130. The maximum Gasteiger partial charge on any atom is 0.254 e. The van der Waals surface area contributed by atoms with Crippen molar-refractivity contribution in [1.82, 2.24) is 9.80 Å². The summed E-state index contributed by atoms with van der Waals surface area (Å²) in [6.45, 7) is 3.46. The lowest BCUT2D eigenvalue weighted by Crippen LogP contribution is -2.44. The van der Waals surface area contributed by atoms with Crippen LogP contribution in [-0.4, -0.2) is 47.8 Å². The maximum absolute atomic E-state index is 12.8. The summed E-state index contributed by atoms with van der Waals surface area (Å²) >= 11 is 1.57. The van der Waals surface area contributed by atoms with Crippen molar-refractivity contribution in [2.24, 2.45) is 0 Å². The largest absolute Gasteiger partial charge is 0.343 e. The molecule has 2 aliphatic heterocycles.